The molecule has 2 saturated heterocycles. The van der Waals surface area contributed by atoms with Gasteiger partial charge in [0.25, 0.3) is 0 Å². The second kappa shape index (κ2) is 12.8. The van der Waals surface area contributed by atoms with Crippen molar-refractivity contribution in [3.63, 3.8) is 0 Å². The van der Waals surface area contributed by atoms with Gasteiger partial charge in [-0.05, 0) is 68.8 Å². The minimum absolute atomic E-state index is 0.00716. The summed E-state index contributed by atoms with van der Waals surface area (Å²) in [5, 5.41) is 11.5. The summed E-state index contributed by atoms with van der Waals surface area (Å²) < 4.78 is 0. The van der Waals surface area contributed by atoms with E-state index in [1.54, 1.807) is 30.9 Å². The molecular formula is C36H36N10O2. The first-order valence-electron chi connectivity index (χ1n) is 16.0. The highest BCUT2D eigenvalue weighted by Gasteiger charge is 2.44. The van der Waals surface area contributed by atoms with Gasteiger partial charge in [0, 0.05) is 91.4 Å². The Hall–Kier alpha value is -5.67. The van der Waals surface area contributed by atoms with E-state index < -0.39 is 5.41 Å². The summed E-state index contributed by atoms with van der Waals surface area (Å²) >= 11 is 0. The van der Waals surface area contributed by atoms with Crippen molar-refractivity contribution >= 4 is 34.2 Å². The van der Waals surface area contributed by atoms with Gasteiger partial charge in [0.15, 0.2) is 5.82 Å². The summed E-state index contributed by atoms with van der Waals surface area (Å²) in [7, 11) is 0. The monoisotopic (exact) mass is 640 g/mol. The lowest BCUT2D eigenvalue weighted by Gasteiger charge is -2.41. The van der Waals surface area contributed by atoms with Crippen LogP contribution >= 0.6 is 0 Å². The van der Waals surface area contributed by atoms with Gasteiger partial charge in [-0.3, -0.25) is 24.6 Å². The van der Waals surface area contributed by atoms with Crippen LogP contribution in [0, 0.1) is 24.7 Å². The van der Waals surface area contributed by atoms with E-state index in [2.05, 4.69) is 53.2 Å². The fraction of sp³-hybridized carbons (Fsp3) is 0.306. The zero-order chi connectivity index (χ0) is 33.3. The van der Waals surface area contributed by atoms with Gasteiger partial charge in [0.2, 0.25) is 11.8 Å². The molecule has 2 amide bonds. The largest absolute Gasteiger partial charge is 0.353 e. The van der Waals surface area contributed by atoms with Crippen LogP contribution in [0.15, 0.2) is 73.3 Å². The fourth-order valence-electron chi connectivity index (χ4n) is 6.62. The van der Waals surface area contributed by atoms with Crippen molar-refractivity contribution in [2.75, 3.05) is 49.5 Å². The highest BCUT2D eigenvalue weighted by molar-refractivity contribution is 6.01. The lowest BCUT2D eigenvalue weighted by Crippen LogP contribution is -2.56. The molecule has 6 heterocycles. The van der Waals surface area contributed by atoms with E-state index in [0.717, 1.165) is 39.2 Å². The third-order valence-electron chi connectivity index (χ3n) is 9.25. The molecule has 4 aromatic heterocycles. The van der Waals surface area contributed by atoms with Gasteiger partial charge in [-0.15, -0.1) is 6.42 Å². The number of piperazine rings is 1. The second-order valence-corrected chi connectivity index (χ2v) is 12.5. The number of rotatable bonds is 7. The Morgan fingerprint density at radius 2 is 1.88 bits per heavy atom. The van der Waals surface area contributed by atoms with E-state index in [-0.39, 0.29) is 24.4 Å². The van der Waals surface area contributed by atoms with Gasteiger partial charge >= 0.3 is 0 Å². The minimum atomic E-state index is -1.04. The van der Waals surface area contributed by atoms with Crippen molar-refractivity contribution in [3.05, 3.63) is 79.0 Å². The molecule has 12 heteroatoms. The summed E-state index contributed by atoms with van der Waals surface area (Å²) in [5.74, 6) is 4.05. The molecule has 0 saturated carbocycles. The van der Waals surface area contributed by atoms with Gasteiger partial charge in [-0.2, -0.15) is 5.10 Å². The molecular weight excluding hydrogens is 604 g/mol. The predicted molar refractivity (Wildman–Crippen MR) is 184 cm³/mol. The smallest absolute Gasteiger partial charge is 0.244 e. The van der Waals surface area contributed by atoms with Crippen molar-refractivity contribution < 1.29 is 9.59 Å². The number of aromatic amines is 1. The first kappa shape index (κ1) is 31.0. The van der Waals surface area contributed by atoms with Gasteiger partial charge in [0.05, 0.1) is 12.1 Å². The van der Waals surface area contributed by atoms with Crippen molar-refractivity contribution in [2.24, 2.45) is 5.41 Å². The first-order chi connectivity index (χ1) is 23.3. The number of benzene rings is 1. The number of carbonyl (C=O) groups excluding carboxylic acids is 2. The standard InChI is InChI=1S/C36H36N10O2/c1-4-36(35(48)41-28-7-8-30-29(19-28)33(43-42-30)26-10-14-37-24(2)18-26)11-15-44(23-36)22-32(47)46-17-16-45(21-25(46)3)31-9-6-27(20-40-31)34-38-12-5-13-39-34/h1,5-10,12-14,18-20,25H,11,15-17,21-23H2,2-3H3,(H,41,48)(H,42,43)/t25-,36?/m1/s1. The number of anilines is 2. The first-order valence-corrected chi connectivity index (χ1v) is 16.0. The lowest BCUT2D eigenvalue weighted by molar-refractivity contribution is -0.135. The topological polar surface area (TPSA) is 136 Å². The molecule has 242 valence electrons. The summed E-state index contributed by atoms with van der Waals surface area (Å²) in [6.07, 6.45) is 13.4. The van der Waals surface area contributed by atoms with Crippen molar-refractivity contribution in [2.45, 2.75) is 26.3 Å². The van der Waals surface area contributed by atoms with Crippen LogP contribution in [0.1, 0.15) is 19.0 Å². The van der Waals surface area contributed by atoms with E-state index in [4.69, 9.17) is 6.42 Å². The Morgan fingerprint density at radius 1 is 1.02 bits per heavy atom. The van der Waals surface area contributed by atoms with Crippen LogP contribution in [-0.4, -0.2) is 97.1 Å². The molecule has 12 nitrogen and oxygen atoms in total. The average molecular weight is 641 g/mol. The number of aromatic nitrogens is 6. The highest BCUT2D eigenvalue weighted by atomic mass is 16.2. The molecule has 1 unspecified atom stereocenters. The fourth-order valence-corrected chi connectivity index (χ4v) is 6.62. The predicted octanol–water partition coefficient (Wildman–Crippen LogP) is 3.79. The molecule has 2 N–H and O–H groups in total. The number of nitrogens with one attached hydrogen (secondary N) is 2. The Bertz CT molecular complexity index is 2010. The van der Waals surface area contributed by atoms with E-state index in [1.807, 2.05) is 59.2 Å². The number of nitrogens with zero attached hydrogens (tertiary/aromatic N) is 8. The molecule has 7 rings (SSSR count). The third kappa shape index (κ3) is 6.08. The molecule has 0 aliphatic carbocycles. The molecule has 2 aliphatic heterocycles. The SMILES string of the molecule is C#CC1(C(=O)Nc2ccc3[nH]nc(-c4ccnc(C)c4)c3c2)CCN(CC(=O)N2CCN(c3ccc(-c4ncccn4)cn3)C[C@H]2C)C1. The Labute approximate surface area is 278 Å². The summed E-state index contributed by atoms with van der Waals surface area (Å²) in [6, 6.07) is 15.2. The van der Waals surface area contributed by atoms with Gasteiger partial charge in [-0.25, -0.2) is 15.0 Å². The van der Waals surface area contributed by atoms with Crippen LogP contribution in [0.3, 0.4) is 0 Å². The molecule has 2 fully saturated rings. The molecule has 0 bridgehead atoms. The van der Waals surface area contributed by atoms with Crippen LogP contribution in [-0.2, 0) is 9.59 Å². The number of pyridine rings is 2. The second-order valence-electron chi connectivity index (χ2n) is 12.5. The Kier molecular flexibility index (Phi) is 8.29. The normalized spacial score (nSPS) is 19.7. The molecule has 2 aliphatic rings. The van der Waals surface area contributed by atoms with Crippen LogP contribution in [0.2, 0.25) is 0 Å². The van der Waals surface area contributed by atoms with Gasteiger partial charge in [-0.1, -0.05) is 5.92 Å². The zero-order valence-electron chi connectivity index (χ0n) is 26.9. The van der Waals surface area contributed by atoms with E-state index in [1.165, 1.54) is 0 Å². The van der Waals surface area contributed by atoms with Crippen molar-refractivity contribution in [1.82, 2.24) is 39.9 Å². The number of aryl methyl sites for hydroxylation is 1. The molecule has 5 aromatic rings. The number of carbonyl (C=O) groups is 2. The maximum absolute atomic E-state index is 13.7. The van der Waals surface area contributed by atoms with E-state index in [9.17, 15) is 9.59 Å². The molecule has 48 heavy (non-hydrogen) atoms. The highest BCUT2D eigenvalue weighted by Crippen LogP contribution is 2.33. The maximum Gasteiger partial charge on any atom is 0.244 e. The Balaban J connectivity index is 0.961. The molecule has 2 atom stereocenters. The lowest BCUT2D eigenvalue weighted by atomic mass is 9.87. The number of likely N-dealkylation sites (tertiary alicyclic amines) is 1. The average Bonchev–Trinajstić information content (AvgIpc) is 3.73. The molecule has 0 spiro atoms. The molecule has 1 aromatic carbocycles. The van der Waals surface area contributed by atoms with Crippen LogP contribution < -0.4 is 10.2 Å². The number of fused-ring (bicyclic) bond motifs is 1. The van der Waals surface area contributed by atoms with Crippen molar-refractivity contribution in [3.8, 4) is 35.0 Å². The van der Waals surface area contributed by atoms with Crippen LogP contribution in [0.5, 0.6) is 0 Å². The Morgan fingerprint density at radius 3 is 2.62 bits per heavy atom. The third-order valence-corrected chi connectivity index (χ3v) is 9.25. The number of hydrogen-bond donors (Lipinski definition) is 2. The summed E-state index contributed by atoms with van der Waals surface area (Å²) in [4.78, 5) is 50.8. The molecule has 0 radical (unpaired) electrons. The summed E-state index contributed by atoms with van der Waals surface area (Å²) in [6.45, 7) is 6.99. The summed E-state index contributed by atoms with van der Waals surface area (Å²) in [5.41, 5.74) is 3.92. The zero-order valence-corrected chi connectivity index (χ0v) is 26.9. The number of amides is 2. The number of hydrogen-bond acceptors (Lipinski definition) is 9. The van der Waals surface area contributed by atoms with Crippen molar-refractivity contribution in [1.29, 1.82) is 0 Å². The van der Waals surface area contributed by atoms with E-state index in [0.29, 0.717) is 50.7 Å². The van der Waals surface area contributed by atoms with Gasteiger partial charge in [0.1, 0.15) is 16.9 Å². The van der Waals surface area contributed by atoms with E-state index >= 15 is 0 Å². The quantitative estimate of drug-likeness (QED) is 0.255. The van der Waals surface area contributed by atoms with Gasteiger partial charge < -0.3 is 15.1 Å². The maximum atomic E-state index is 13.7. The number of H-pyrrole nitrogens is 1. The minimum Gasteiger partial charge on any atom is -0.353 e. The van der Waals surface area contributed by atoms with Crippen LogP contribution in [0.4, 0.5) is 11.5 Å². The number of terminal acetylenes is 1. The van der Waals surface area contributed by atoms with Crippen LogP contribution in [0.25, 0.3) is 33.5 Å².